The zero-order chi connectivity index (χ0) is 20.5. The van der Waals surface area contributed by atoms with Gasteiger partial charge in [0, 0.05) is 30.9 Å². The van der Waals surface area contributed by atoms with Gasteiger partial charge in [-0.1, -0.05) is 36.4 Å². The summed E-state index contributed by atoms with van der Waals surface area (Å²) in [5.41, 5.74) is 7.82. The van der Waals surface area contributed by atoms with Gasteiger partial charge in [-0.25, -0.2) is 4.68 Å². The van der Waals surface area contributed by atoms with E-state index in [0.29, 0.717) is 12.1 Å². The van der Waals surface area contributed by atoms with Gasteiger partial charge in [0.1, 0.15) is 0 Å². The van der Waals surface area contributed by atoms with E-state index < -0.39 is 0 Å². The van der Waals surface area contributed by atoms with Gasteiger partial charge in [0.2, 0.25) is 0 Å². The number of piperidine rings is 1. The number of aryl methyl sites for hydroxylation is 2. The van der Waals surface area contributed by atoms with Crippen LogP contribution >= 0.6 is 0 Å². The van der Waals surface area contributed by atoms with E-state index in [2.05, 4.69) is 76.8 Å². The molecule has 5 rings (SSSR count). The molecule has 4 heteroatoms. The summed E-state index contributed by atoms with van der Waals surface area (Å²) in [4.78, 5) is 2.73. The van der Waals surface area contributed by atoms with E-state index in [1.807, 2.05) is 11.6 Å². The Morgan fingerprint density at radius 1 is 1.00 bits per heavy atom. The molecule has 156 valence electrons. The van der Waals surface area contributed by atoms with Crippen LogP contribution in [0, 0.1) is 13.8 Å². The largest absolute Gasteiger partial charge is 0.309 e. The molecule has 30 heavy (non-hydrogen) atoms. The summed E-state index contributed by atoms with van der Waals surface area (Å²) in [5, 5.41) is 8.47. The average molecular weight is 401 g/mol. The number of rotatable bonds is 5. The SMILES string of the molecule is Cc1cc(C)n(-c2cccc(CN[C@@H]3CCCN(C4Cc5ccccc5C4)C3)c2)n1. The van der Waals surface area contributed by atoms with Crippen molar-refractivity contribution in [2.45, 2.75) is 58.2 Å². The second-order valence-corrected chi connectivity index (χ2v) is 9.05. The summed E-state index contributed by atoms with van der Waals surface area (Å²) in [7, 11) is 0. The Bertz CT molecular complexity index is 996. The van der Waals surface area contributed by atoms with Crippen LogP contribution in [-0.2, 0) is 19.4 Å². The van der Waals surface area contributed by atoms with Crippen molar-refractivity contribution in [1.29, 1.82) is 0 Å². The zero-order valence-corrected chi connectivity index (χ0v) is 18.1. The maximum Gasteiger partial charge on any atom is 0.0651 e. The van der Waals surface area contributed by atoms with E-state index >= 15 is 0 Å². The summed E-state index contributed by atoms with van der Waals surface area (Å²) >= 11 is 0. The third kappa shape index (κ3) is 4.07. The van der Waals surface area contributed by atoms with Gasteiger partial charge >= 0.3 is 0 Å². The third-order valence-electron chi connectivity index (χ3n) is 6.76. The van der Waals surface area contributed by atoms with E-state index in [9.17, 15) is 0 Å². The lowest BCUT2D eigenvalue weighted by Crippen LogP contribution is -2.49. The highest BCUT2D eigenvalue weighted by molar-refractivity contribution is 5.37. The topological polar surface area (TPSA) is 33.1 Å². The zero-order valence-electron chi connectivity index (χ0n) is 18.1. The van der Waals surface area contributed by atoms with Gasteiger partial charge in [0.15, 0.2) is 0 Å². The van der Waals surface area contributed by atoms with Gasteiger partial charge in [0.25, 0.3) is 0 Å². The molecule has 4 nitrogen and oxygen atoms in total. The maximum absolute atomic E-state index is 4.63. The van der Waals surface area contributed by atoms with Crippen LogP contribution in [0.1, 0.15) is 40.9 Å². The predicted molar refractivity (Wildman–Crippen MR) is 122 cm³/mol. The fourth-order valence-electron chi connectivity index (χ4n) is 5.25. The fourth-order valence-corrected chi connectivity index (χ4v) is 5.25. The quantitative estimate of drug-likeness (QED) is 0.696. The number of benzene rings is 2. The number of hydrogen-bond acceptors (Lipinski definition) is 3. The van der Waals surface area contributed by atoms with Gasteiger partial charge in [-0.2, -0.15) is 5.10 Å². The van der Waals surface area contributed by atoms with Crippen molar-refractivity contribution in [3.05, 3.63) is 82.7 Å². The molecule has 2 heterocycles. The Labute approximate surface area is 179 Å². The van der Waals surface area contributed by atoms with Crippen molar-refractivity contribution in [3.63, 3.8) is 0 Å². The van der Waals surface area contributed by atoms with Crippen molar-refractivity contribution in [1.82, 2.24) is 20.0 Å². The minimum atomic E-state index is 0.569. The fraction of sp³-hybridized carbons (Fsp3) is 0.423. The molecule has 1 atom stereocenters. The van der Waals surface area contributed by atoms with Crippen LogP contribution in [0.3, 0.4) is 0 Å². The van der Waals surface area contributed by atoms with E-state index in [1.54, 1.807) is 11.1 Å². The molecule has 2 aliphatic rings. The van der Waals surface area contributed by atoms with E-state index in [0.717, 1.165) is 24.5 Å². The van der Waals surface area contributed by atoms with Crippen LogP contribution in [0.2, 0.25) is 0 Å². The highest BCUT2D eigenvalue weighted by Gasteiger charge is 2.30. The molecule has 1 fully saturated rings. The number of nitrogens with zero attached hydrogens (tertiary/aromatic N) is 3. The molecule has 1 aromatic heterocycles. The molecule has 0 radical (unpaired) electrons. The summed E-state index contributed by atoms with van der Waals surface area (Å²) in [5.74, 6) is 0. The summed E-state index contributed by atoms with van der Waals surface area (Å²) in [6.07, 6.45) is 4.99. The first-order valence-corrected chi connectivity index (χ1v) is 11.3. The van der Waals surface area contributed by atoms with Crippen molar-refractivity contribution in [2.75, 3.05) is 13.1 Å². The lowest BCUT2D eigenvalue weighted by atomic mass is 10.0. The molecule has 1 aliphatic carbocycles. The van der Waals surface area contributed by atoms with Crippen molar-refractivity contribution < 1.29 is 0 Å². The molecule has 3 aromatic rings. The molecule has 0 bridgehead atoms. The first kappa shape index (κ1) is 19.5. The Kier molecular flexibility index (Phi) is 5.45. The molecule has 0 unspecified atom stereocenters. The third-order valence-corrected chi connectivity index (χ3v) is 6.76. The molecule has 1 saturated heterocycles. The highest BCUT2D eigenvalue weighted by Crippen LogP contribution is 2.27. The van der Waals surface area contributed by atoms with Crippen LogP contribution in [0.4, 0.5) is 0 Å². The Morgan fingerprint density at radius 2 is 1.80 bits per heavy atom. The molecule has 0 amide bonds. The van der Waals surface area contributed by atoms with Crippen LogP contribution < -0.4 is 5.32 Å². The Hall–Kier alpha value is -2.43. The van der Waals surface area contributed by atoms with Crippen LogP contribution in [0.15, 0.2) is 54.6 Å². The van der Waals surface area contributed by atoms with Gasteiger partial charge in [0.05, 0.1) is 11.4 Å². The minimum absolute atomic E-state index is 0.569. The van der Waals surface area contributed by atoms with Gasteiger partial charge in [-0.05, 0) is 81.0 Å². The second-order valence-electron chi connectivity index (χ2n) is 9.05. The standard InChI is InChI=1S/C26H32N4/c1-19-13-20(2)30(28-19)25-11-5-7-21(14-25)17-27-24-10-6-12-29(18-24)26-15-22-8-3-4-9-23(22)16-26/h3-5,7-9,11,13-14,24,26-27H,6,10,12,15-18H2,1-2H3/t24-/m1/s1. The molecular formula is C26H32N4. The number of fused-ring (bicyclic) bond motifs is 1. The van der Waals surface area contributed by atoms with E-state index in [-0.39, 0.29) is 0 Å². The molecule has 0 saturated carbocycles. The van der Waals surface area contributed by atoms with Crippen molar-refractivity contribution >= 4 is 0 Å². The number of hydrogen-bond donors (Lipinski definition) is 1. The van der Waals surface area contributed by atoms with Gasteiger partial charge < -0.3 is 5.32 Å². The normalized spacial score (nSPS) is 19.9. The predicted octanol–water partition coefficient (Wildman–Crippen LogP) is 4.21. The molecular weight excluding hydrogens is 368 g/mol. The number of aromatic nitrogens is 2. The second kappa shape index (κ2) is 8.37. The molecule has 1 aliphatic heterocycles. The van der Waals surface area contributed by atoms with Crippen LogP contribution in [0.25, 0.3) is 5.69 Å². The van der Waals surface area contributed by atoms with Crippen molar-refractivity contribution in [2.24, 2.45) is 0 Å². The summed E-state index contributed by atoms with van der Waals surface area (Å²) < 4.78 is 2.04. The van der Waals surface area contributed by atoms with Gasteiger partial charge in [-0.15, -0.1) is 0 Å². The first-order chi connectivity index (χ1) is 14.7. The Balaban J connectivity index is 1.20. The first-order valence-electron chi connectivity index (χ1n) is 11.3. The number of likely N-dealkylation sites (tertiary alicyclic amines) is 1. The smallest absolute Gasteiger partial charge is 0.0651 e. The monoisotopic (exact) mass is 400 g/mol. The Morgan fingerprint density at radius 3 is 2.53 bits per heavy atom. The average Bonchev–Trinajstić information content (AvgIpc) is 3.35. The van der Waals surface area contributed by atoms with E-state index in [1.165, 1.54) is 43.5 Å². The van der Waals surface area contributed by atoms with Crippen LogP contribution in [-0.4, -0.2) is 39.9 Å². The van der Waals surface area contributed by atoms with Crippen molar-refractivity contribution in [3.8, 4) is 5.69 Å². The highest BCUT2D eigenvalue weighted by atomic mass is 15.3. The molecule has 0 spiro atoms. The summed E-state index contributed by atoms with van der Waals surface area (Å²) in [6, 6.07) is 21.1. The van der Waals surface area contributed by atoms with Crippen LogP contribution in [0.5, 0.6) is 0 Å². The lowest BCUT2D eigenvalue weighted by Gasteiger charge is -2.37. The van der Waals surface area contributed by atoms with E-state index in [4.69, 9.17) is 0 Å². The summed E-state index contributed by atoms with van der Waals surface area (Å²) in [6.45, 7) is 7.48. The lowest BCUT2D eigenvalue weighted by molar-refractivity contribution is 0.140. The molecule has 2 aromatic carbocycles. The number of nitrogens with one attached hydrogen (secondary N) is 1. The minimum Gasteiger partial charge on any atom is -0.309 e. The molecule has 1 N–H and O–H groups in total. The maximum atomic E-state index is 4.63. The van der Waals surface area contributed by atoms with Gasteiger partial charge in [-0.3, -0.25) is 4.90 Å².